The molecule has 20 heavy (non-hydrogen) atoms. The SMILES string of the molecule is CCNc1nc(C)c([N+](=O)[O-])c(Nc2ccn(C)n2)n1. The lowest BCUT2D eigenvalue weighted by Crippen LogP contribution is -2.09. The van der Waals surface area contributed by atoms with Crippen LogP contribution < -0.4 is 10.6 Å². The molecule has 2 aromatic heterocycles. The lowest BCUT2D eigenvalue weighted by Gasteiger charge is -2.08. The van der Waals surface area contributed by atoms with Crippen molar-refractivity contribution in [1.82, 2.24) is 19.7 Å². The predicted octanol–water partition coefficient (Wildman–Crippen LogP) is 1.60. The highest BCUT2D eigenvalue weighted by Crippen LogP contribution is 2.28. The first-order chi connectivity index (χ1) is 9.51. The van der Waals surface area contributed by atoms with E-state index >= 15 is 0 Å². The molecule has 0 aliphatic heterocycles. The third kappa shape index (κ3) is 2.82. The molecule has 106 valence electrons. The highest BCUT2D eigenvalue weighted by molar-refractivity contribution is 5.66. The van der Waals surface area contributed by atoms with Crippen molar-refractivity contribution in [3.8, 4) is 0 Å². The van der Waals surface area contributed by atoms with Gasteiger partial charge >= 0.3 is 5.69 Å². The smallest absolute Gasteiger partial charge is 0.332 e. The van der Waals surface area contributed by atoms with Crippen LogP contribution in [0.15, 0.2) is 12.3 Å². The van der Waals surface area contributed by atoms with E-state index in [2.05, 4.69) is 25.7 Å². The summed E-state index contributed by atoms with van der Waals surface area (Å²) in [4.78, 5) is 18.8. The summed E-state index contributed by atoms with van der Waals surface area (Å²) in [6, 6.07) is 1.70. The molecule has 9 heteroatoms. The molecule has 0 aromatic carbocycles. The van der Waals surface area contributed by atoms with Gasteiger partial charge in [0.05, 0.1) is 4.92 Å². The molecule has 0 unspecified atom stereocenters. The van der Waals surface area contributed by atoms with Crippen LogP contribution in [0.5, 0.6) is 0 Å². The number of hydrogen-bond donors (Lipinski definition) is 2. The van der Waals surface area contributed by atoms with E-state index < -0.39 is 4.92 Å². The third-order valence-electron chi connectivity index (χ3n) is 2.54. The summed E-state index contributed by atoms with van der Waals surface area (Å²) in [5.41, 5.74) is 0.136. The molecule has 0 saturated heterocycles. The van der Waals surface area contributed by atoms with Crippen LogP contribution in [0.1, 0.15) is 12.6 Å². The number of aryl methyl sites for hydroxylation is 2. The van der Waals surface area contributed by atoms with Gasteiger partial charge in [-0.2, -0.15) is 10.1 Å². The van der Waals surface area contributed by atoms with Gasteiger partial charge in [-0.15, -0.1) is 0 Å². The first-order valence-corrected chi connectivity index (χ1v) is 6.04. The average Bonchev–Trinajstić information content (AvgIpc) is 2.74. The molecule has 0 aliphatic carbocycles. The Morgan fingerprint density at radius 3 is 2.75 bits per heavy atom. The van der Waals surface area contributed by atoms with Gasteiger partial charge in [-0.1, -0.05) is 0 Å². The van der Waals surface area contributed by atoms with Crippen LogP contribution in [-0.2, 0) is 7.05 Å². The summed E-state index contributed by atoms with van der Waals surface area (Å²) < 4.78 is 1.59. The van der Waals surface area contributed by atoms with E-state index in [1.54, 1.807) is 30.9 Å². The zero-order valence-corrected chi connectivity index (χ0v) is 11.4. The summed E-state index contributed by atoms with van der Waals surface area (Å²) in [6.07, 6.45) is 1.73. The van der Waals surface area contributed by atoms with E-state index in [9.17, 15) is 10.1 Å². The highest BCUT2D eigenvalue weighted by atomic mass is 16.6. The van der Waals surface area contributed by atoms with Gasteiger partial charge in [0.25, 0.3) is 0 Å². The summed E-state index contributed by atoms with van der Waals surface area (Å²) in [6.45, 7) is 4.09. The van der Waals surface area contributed by atoms with Crippen molar-refractivity contribution >= 4 is 23.3 Å². The normalized spacial score (nSPS) is 10.3. The number of hydrogen-bond acceptors (Lipinski definition) is 7. The predicted molar refractivity (Wildman–Crippen MR) is 74.1 cm³/mol. The first-order valence-electron chi connectivity index (χ1n) is 6.04. The van der Waals surface area contributed by atoms with E-state index in [1.165, 1.54) is 0 Å². The second-order valence-electron chi connectivity index (χ2n) is 4.12. The quantitative estimate of drug-likeness (QED) is 0.630. The third-order valence-corrected chi connectivity index (χ3v) is 2.54. The fourth-order valence-electron chi connectivity index (χ4n) is 1.71. The molecule has 0 bridgehead atoms. The van der Waals surface area contributed by atoms with Crippen molar-refractivity contribution < 1.29 is 4.92 Å². The van der Waals surface area contributed by atoms with E-state index in [0.29, 0.717) is 24.0 Å². The standard InChI is InChI=1S/C11H15N7O2/c1-4-12-11-13-7(2)9(18(19)20)10(15-11)14-8-5-6-17(3)16-8/h5-6H,4H2,1-3H3,(H2,12,13,14,15,16). The van der Waals surface area contributed by atoms with Crippen LogP contribution in [-0.4, -0.2) is 31.2 Å². The minimum absolute atomic E-state index is 0.122. The molecule has 0 radical (unpaired) electrons. The Bertz CT molecular complexity index is 638. The molecule has 0 aliphatic rings. The minimum atomic E-state index is -0.504. The molecule has 2 aromatic rings. The number of nitrogens with zero attached hydrogens (tertiary/aromatic N) is 5. The lowest BCUT2D eigenvalue weighted by atomic mass is 10.3. The van der Waals surface area contributed by atoms with Gasteiger partial charge in [0, 0.05) is 25.9 Å². The van der Waals surface area contributed by atoms with Gasteiger partial charge in [-0.3, -0.25) is 14.8 Å². The summed E-state index contributed by atoms with van der Waals surface area (Å²) in [7, 11) is 1.76. The van der Waals surface area contributed by atoms with Gasteiger partial charge in [0.15, 0.2) is 5.82 Å². The number of rotatable bonds is 5. The van der Waals surface area contributed by atoms with Gasteiger partial charge < -0.3 is 10.6 Å². The molecule has 0 atom stereocenters. The molecule has 2 N–H and O–H groups in total. The zero-order valence-electron chi connectivity index (χ0n) is 11.4. The molecule has 0 fully saturated rings. The highest BCUT2D eigenvalue weighted by Gasteiger charge is 2.22. The summed E-state index contributed by atoms with van der Waals surface area (Å²) in [5.74, 6) is 0.947. The van der Waals surface area contributed by atoms with Crippen LogP contribution >= 0.6 is 0 Å². The molecule has 0 amide bonds. The maximum Gasteiger partial charge on any atom is 0.332 e. The van der Waals surface area contributed by atoms with E-state index in [1.807, 2.05) is 6.92 Å². The van der Waals surface area contributed by atoms with E-state index in [0.717, 1.165) is 0 Å². The summed E-state index contributed by atoms with van der Waals surface area (Å²) >= 11 is 0. The molecule has 0 saturated carbocycles. The fraction of sp³-hybridized carbons (Fsp3) is 0.364. The Morgan fingerprint density at radius 1 is 1.45 bits per heavy atom. The lowest BCUT2D eigenvalue weighted by molar-refractivity contribution is -0.385. The van der Waals surface area contributed by atoms with Crippen LogP contribution in [0.4, 0.5) is 23.3 Å². The van der Waals surface area contributed by atoms with Crippen LogP contribution in [0.3, 0.4) is 0 Å². The molecular formula is C11H15N7O2. The van der Waals surface area contributed by atoms with Crippen LogP contribution in [0.2, 0.25) is 0 Å². The number of anilines is 3. The first kappa shape index (κ1) is 13.7. The van der Waals surface area contributed by atoms with Crippen molar-refractivity contribution in [3.05, 3.63) is 28.1 Å². The molecule has 2 rings (SSSR count). The second kappa shape index (κ2) is 5.51. The van der Waals surface area contributed by atoms with Crippen LogP contribution in [0.25, 0.3) is 0 Å². The monoisotopic (exact) mass is 277 g/mol. The van der Waals surface area contributed by atoms with Crippen molar-refractivity contribution in [2.75, 3.05) is 17.2 Å². The van der Waals surface area contributed by atoms with E-state index in [4.69, 9.17) is 0 Å². The average molecular weight is 277 g/mol. The molecule has 0 spiro atoms. The Labute approximate surface area is 115 Å². The topological polar surface area (TPSA) is 111 Å². The van der Waals surface area contributed by atoms with Gasteiger partial charge in [-0.05, 0) is 13.8 Å². The minimum Gasteiger partial charge on any atom is -0.354 e. The van der Waals surface area contributed by atoms with Crippen molar-refractivity contribution in [2.45, 2.75) is 13.8 Å². The van der Waals surface area contributed by atoms with Crippen molar-refractivity contribution in [3.63, 3.8) is 0 Å². The Morgan fingerprint density at radius 2 is 2.20 bits per heavy atom. The molecule has 9 nitrogen and oxygen atoms in total. The maximum absolute atomic E-state index is 11.1. The number of nitrogens with one attached hydrogen (secondary N) is 2. The van der Waals surface area contributed by atoms with E-state index in [-0.39, 0.29) is 11.5 Å². The second-order valence-corrected chi connectivity index (χ2v) is 4.12. The van der Waals surface area contributed by atoms with Crippen LogP contribution in [0, 0.1) is 17.0 Å². The Kier molecular flexibility index (Phi) is 3.78. The maximum atomic E-state index is 11.1. The number of nitro groups is 1. The van der Waals surface area contributed by atoms with Gasteiger partial charge in [0.2, 0.25) is 11.8 Å². The van der Waals surface area contributed by atoms with Gasteiger partial charge in [0.1, 0.15) is 5.69 Å². The Hall–Kier alpha value is -2.71. The van der Waals surface area contributed by atoms with Crippen molar-refractivity contribution in [1.29, 1.82) is 0 Å². The van der Waals surface area contributed by atoms with Gasteiger partial charge in [-0.25, -0.2) is 4.98 Å². The summed E-state index contributed by atoms with van der Waals surface area (Å²) in [5, 5.41) is 21.0. The fourth-order valence-corrected chi connectivity index (χ4v) is 1.71. The Balaban J connectivity index is 2.44. The largest absolute Gasteiger partial charge is 0.354 e. The molecular weight excluding hydrogens is 262 g/mol. The molecule has 2 heterocycles. The number of aromatic nitrogens is 4. The van der Waals surface area contributed by atoms with Crippen molar-refractivity contribution in [2.24, 2.45) is 7.05 Å². The zero-order chi connectivity index (χ0) is 14.7.